The standard InChI is InChI=1S/C9H5ClF2O2/c10-8-6(4-14)1-5(3-13)2-7(8)9(11)12/h1-4,9H. The second kappa shape index (κ2) is 4.28. The molecular formula is C9H5ClF2O2. The third-order valence-corrected chi connectivity index (χ3v) is 2.09. The van der Waals surface area contributed by atoms with Crippen LogP contribution in [0.15, 0.2) is 12.1 Å². The molecule has 1 aromatic rings. The van der Waals surface area contributed by atoms with Crippen LogP contribution in [0.4, 0.5) is 8.78 Å². The van der Waals surface area contributed by atoms with Gasteiger partial charge in [0.1, 0.15) is 6.29 Å². The number of aldehydes is 2. The van der Waals surface area contributed by atoms with Gasteiger partial charge in [-0.05, 0) is 12.1 Å². The number of benzene rings is 1. The number of halogens is 3. The highest BCUT2D eigenvalue weighted by molar-refractivity contribution is 6.33. The molecule has 1 rings (SSSR count). The SMILES string of the molecule is O=Cc1cc(C=O)c(Cl)c(C(F)F)c1. The van der Waals surface area contributed by atoms with Crippen molar-refractivity contribution < 1.29 is 18.4 Å². The van der Waals surface area contributed by atoms with Crippen LogP contribution in [0.5, 0.6) is 0 Å². The Balaban J connectivity index is 3.41. The molecule has 0 unspecified atom stereocenters. The van der Waals surface area contributed by atoms with E-state index in [1.54, 1.807) is 0 Å². The van der Waals surface area contributed by atoms with Crippen LogP contribution in [0.3, 0.4) is 0 Å². The van der Waals surface area contributed by atoms with E-state index in [1.807, 2.05) is 0 Å². The molecule has 0 spiro atoms. The van der Waals surface area contributed by atoms with Crippen LogP contribution in [0.25, 0.3) is 0 Å². The van der Waals surface area contributed by atoms with Gasteiger partial charge in [0.2, 0.25) is 0 Å². The van der Waals surface area contributed by atoms with E-state index in [1.165, 1.54) is 0 Å². The van der Waals surface area contributed by atoms with Crippen molar-refractivity contribution in [3.8, 4) is 0 Å². The number of alkyl halides is 2. The zero-order valence-electron chi connectivity index (χ0n) is 6.84. The van der Waals surface area contributed by atoms with E-state index in [4.69, 9.17) is 11.6 Å². The van der Waals surface area contributed by atoms with Crippen molar-refractivity contribution in [2.45, 2.75) is 6.43 Å². The van der Waals surface area contributed by atoms with E-state index in [0.29, 0.717) is 12.6 Å². The van der Waals surface area contributed by atoms with Gasteiger partial charge < -0.3 is 0 Å². The molecule has 0 aliphatic carbocycles. The number of hydrogen-bond donors (Lipinski definition) is 0. The van der Waals surface area contributed by atoms with Crippen molar-refractivity contribution in [1.29, 1.82) is 0 Å². The molecule has 0 aromatic heterocycles. The van der Waals surface area contributed by atoms with Gasteiger partial charge >= 0.3 is 0 Å². The summed E-state index contributed by atoms with van der Waals surface area (Å²) in [4.78, 5) is 20.8. The first-order valence-corrected chi connectivity index (χ1v) is 4.00. The lowest BCUT2D eigenvalue weighted by molar-refractivity contribution is 0.112. The topological polar surface area (TPSA) is 34.1 Å². The zero-order valence-corrected chi connectivity index (χ0v) is 7.59. The van der Waals surface area contributed by atoms with Gasteiger partial charge in [0.05, 0.1) is 5.02 Å². The predicted octanol–water partition coefficient (Wildman–Crippen LogP) is 2.90. The van der Waals surface area contributed by atoms with E-state index in [2.05, 4.69) is 0 Å². The van der Waals surface area contributed by atoms with Crippen molar-refractivity contribution in [3.63, 3.8) is 0 Å². The van der Waals surface area contributed by atoms with E-state index in [0.717, 1.165) is 12.1 Å². The maximum absolute atomic E-state index is 12.3. The summed E-state index contributed by atoms with van der Waals surface area (Å²) >= 11 is 5.51. The quantitative estimate of drug-likeness (QED) is 0.731. The molecular weight excluding hydrogens is 214 g/mol. The van der Waals surface area contributed by atoms with E-state index in [9.17, 15) is 18.4 Å². The Morgan fingerprint density at radius 1 is 1.21 bits per heavy atom. The summed E-state index contributed by atoms with van der Waals surface area (Å²) in [7, 11) is 0. The van der Waals surface area contributed by atoms with Gasteiger partial charge in [-0.15, -0.1) is 0 Å². The minimum atomic E-state index is -2.80. The van der Waals surface area contributed by atoms with E-state index < -0.39 is 12.0 Å². The van der Waals surface area contributed by atoms with Crippen LogP contribution in [-0.4, -0.2) is 12.6 Å². The number of hydrogen-bond acceptors (Lipinski definition) is 2. The molecule has 0 bridgehead atoms. The summed E-state index contributed by atoms with van der Waals surface area (Å²) in [5, 5.41) is -0.305. The largest absolute Gasteiger partial charge is 0.298 e. The molecule has 74 valence electrons. The van der Waals surface area contributed by atoms with Crippen LogP contribution in [0.2, 0.25) is 5.02 Å². The Morgan fingerprint density at radius 2 is 1.86 bits per heavy atom. The Labute approximate surface area is 83.5 Å². The van der Waals surface area contributed by atoms with Crippen molar-refractivity contribution in [2.75, 3.05) is 0 Å². The maximum atomic E-state index is 12.3. The molecule has 0 fully saturated rings. The highest BCUT2D eigenvalue weighted by Crippen LogP contribution is 2.30. The van der Waals surface area contributed by atoms with Gasteiger partial charge in [-0.3, -0.25) is 9.59 Å². The summed E-state index contributed by atoms with van der Waals surface area (Å²) < 4.78 is 24.7. The molecule has 2 nitrogen and oxygen atoms in total. The number of carbonyl (C=O) groups excluding carboxylic acids is 2. The predicted molar refractivity (Wildman–Crippen MR) is 47.2 cm³/mol. The third kappa shape index (κ3) is 1.96. The summed E-state index contributed by atoms with van der Waals surface area (Å²) in [5.41, 5.74) is -0.600. The molecule has 14 heavy (non-hydrogen) atoms. The minimum Gasteiger partial charge on any atom is -0.298 e. The second-order valence-electron chi connectivity index (χ2n) is 2.55. The van der Waals surface area contributed by atoms with Crippen molar-refractivity contribution in [3.05, 3.63) is 33.8 Å². The van der Waals surface area contributed by atoms with Gasteiger partial charge in [-0.1, -0.05) is 11.6 Å². The second-order valence-corrected chi connectivity index (χ2v) is 2.93. The highest BCUT2D eigenvalue weighted by atomic mass is 35.5. The van der Waals surface area contributed by atoms with Gasteiger partial charge in [-0.2, -0.15) is 0 Å². The minimum absolute atomic E-state index is 0.00630. The Bertz CT molecular complexity index is 377. The summed E-state index contributed by atoms with van der Waals surface area (Å²) in [6.07, 6.45) is -2.09. The van der Waals surface area contributed by atoms with Crippen LogP contribution in [-0.2, 0) is 0 Å². The average Bonchev–Trinajstić information content (AvgIpc) is 2.17. The number of rotatable bonds is 3. The monoisotopic (exact) mass is 218 g/mol. The van der Waals surface area contributed by atoms with E-state index in [-0.39, 0.29) is 16.1 Å². The zero-order chi connectivity index (χ0) is 10.7. The molecule has 0 aliphatic rings. The molecule has 0 N–H and O–H groups in total. The molecule has 1 aromatic carbocycles. The lowest BCUT2D eigenvalue weighted by atomic mass is 10.1. The molecule has 0 radical (unpaired) electrons. The molecule has 0 atom stereocenters. The third-order valence-electron chi connectivity index (χ3n) is 1.65. The Kier molecular flexibility index (Phi) is 3.30. The molecule has 0 amide bonds. The van der Waals surface area contributed by atoms with Gasteiger partial charge in [0, 0.05) is 16.7 Å². The average molecular weight is 219 g/mol. The maximum Gasteiger partial charge on any atom is 0.265 e. The first kappa shape index (κ1) is 10.8. The molecule has 0 heterocycles. The number of carbonyl (C=O) groups is 2. The lowest BCUT2D eigenvalue weighted by Crippen LogP contribution is -1.95. The summed E-state index contributed by atoms with van der Waals surface area (Å²) in [5.74, 6) is 0. The van der Waals surface area contributed by atoms with Crippen molar-refractivity contribution in [1.82, 2.24) is 0 Å². The molecule has 0 saturated heterocycles. The van der Waals surface area contributed by atoms with E-state index >= 15 is 0 Å². The van der Waals surface area contributed by atoms with Crippen molar-refractivity contribution >= 4 is 24.2 Å². The Morgan fingerprint density at radius 3 is 2.29 bits per heavy atom. The van der Waals surface area contributed by atoms with Gasteiger partial charge in [0.15, 0.2) is 6.29 Å². The Hall–Kier alpha value is -1.29. The first-order valence-electron chi connectivity index (χ1n) is 3.62. The smallest absolute Gasteiger partial charge is 0.265 e. The fourth-order valence-electron chi connectivity index (χ4n) is 1.01. The normalized spacial score (nSPS) is 10.3. The molecule has 0 aliphatic heterocycles. The van der Waals surface area contributed by atoms with Crippen LogP contribution < -0.4 is 0 Å². The molecule has 0 saturated carbocycles. The highest BCUT2D eigenvalue weighted by Gasteiger charge is 2.16. The van der Waals surface area contributed by atoms with Crippen molar-refractivity contribution in [2.24, 2.45) is 0 Å². The van der Waals surface area contributed by atoms with Crippen LogP contribution in [0.1, 0.15) is 32.7 Å². The fraction of sp³-hybridized carbons (Fsp3) is 0.111. The van der Waals surface area contributed by atoms with Crippen LogP contribution in [0, 0.1) is 0 Å². The summed E-state index contributed by atoms with van der Waals surface area (Å²) in [6, 6.07) is 2.13. The van der Waals surface area contributed by atoms with Crippen LogP contribution >= 0.6 is 11.6 Å². The molecule has 5 heteroatoms. The lowest BCUT2D eigenvalue weighted by Gasteiger charge is -2.05. The first-order chi connectivity index (χ1) is 6.60. The van der Waals surface area contributed by atoms with Gasteiger partial charge in [-0.25, -0.2) is 8.78 Å². The van der Waals surface area contributed by atoms with Gasteiger partial charge in [0.25, 0.3) is 6.43 Å². The summed E-state index contributed by atoms with van der Waals surface area (Å²) in [6.45, 7) is 0. The fourth-order valence-corrected chi connectivity index (χ4v) is 1.24.